The minimum atomic E-state index is -0.443. The number of carbonyl (C=O) groups is 3. The number of hydrogen-bond acceptors (Lipinski definition) is 4. The van der Waals surface area contributed by atoms with Gasteiger partial charge in [-0.1, -0.05) is 24.3 Å². The molecule has 0 aromatic heterocycles. The summed E-state index contributed by atoms with van der Waals surface area (Å²) in [6.07, 6.45) is 2.72. The highest BCUT2D eigenvalue weighted by molar-refractivity contribution is 6.34. The van der Waals surface area contributed by atoms with E-state index in [9.17, 15) is 14.4 Å². The summed E-state index contributed by atoms with van der Waals surface area (Å²) >= 11 is 0. The summed E-state index contributed by atoms with van der Waals surface area (Å²) < 4.78 is 5.03. The number of ether oxygens (including phenoxy) is 1. The summed E-state index contributed by atoms with van der Waals surface area (Å²) in [7, 11) is 0. The first kappa shape index (κ1) is 16.6. The number of benzene rings is 2. The Bertz CT molecular complexity index is 848. The molecule has 0 fully saturated rings. The zero-order chi connectivity index (χ0) is 18.0. The topological polar surface area (TPSA) is 63.7 Å². The average molecular weight is 335 g/mol. The first-order valence-electron chi connectivity index (χ1n) is 7.94. The molecule has 0 saturated heterocycles. The maximum atomic E-state index is 12.5. The van der Waals surface area contributed by atoms with Gasteiger partial charge in [-0.15, -0.1) is 0 Å². The largest absolute Gasteiger partial charge is 0.460 e. The van der Waals surface area contributed by atoms with E-state index >= 15 is 0 Å². The Hall–Kier alpha value is -3.21. The van der Waals surface area contributed by atoms with E-state index in [0.717, 1.165) is 4.90 Å². The number of anilines is 1. The quantitative estimate of drug-likeness (QED) is 0.488. The van der Waals surface area contributed by atoms with Crippen LogP contribution in [0, 0.1) is 0 Å². The van der Waals surface area contributed by atoms with Crippen molar-refractivity contribution < 1.29 is 19.1 Å². The number of amides is 2. The van der Waals surface area contributed by atoms with E-state index in [0.29, 0.717) is 22.4 Å². The van der Waals surface area contributed by atoms with Crippen LogP contribution in [0.5, 0.6) is 0 Å². The molecule has 0 spiro atoms. The van der Waals surface area contributed by atoms with Crippen molar-refractivity contribution in [1.82, 2.24) is 0 Å². The van der Waals surface area contributed by atoms with Crippen LogP contribution in [0.3, 0.4) is 0 Å². The molecule has 1 heterocycles. The van der Waals surface area contributed by atoms with E-state index in [1.165, 1.54) is 6.08 Å². The molecule has 0 bridgehead atoms. The van der Waals surface area contributed by atoms with Crippen molar-refractivity contribution >= 4 is 29.5 Å². The van der Waals surface area contributed by atoms with Crippen molar-refractivity contribution in [2.75, 3.05) is 4.90 Å². The second-order valence-electron chi connectivity index (χ2n) is 5.91. The van der Waals surface area contributed by atoms with Crippen molar-refractivity contribution in [3.8, 4) is 0 Å². The van der Waals surface area contributed by atoms with Crippen molar-refractivity contribution in [1.29, 1.82) is 0 Å². The van der Waals surface area contributed by atoms with Crippen molar-refractivity contribution in [2.24, 2.45) is 0 Å². The predicted octanol–water partition coefficient (Wildman–Crippen LogP) is 3.45. The first-order valence-corrected chi connectivity index (χ1v) is 7.94. The monoisotopic (exact) mass is 335 g/mol. The van der Waals surface area contributed by atoms with Gasteiger partial charge in [-0.05, 0) is 49.8 Å². The second-order valence-corrected chi connectivity index (χ2v) is 5.91. The minimum Gasteiger partial charge on any atom is -0.460 e. The van der Waals surface area contributed by atoms with Gasteiger partial charge in [-0.2, -0.15) is 0 Å². The standard InChI is InChI=1S/C20H17NO4/c1-13(2)25-18(22)11-10-14-6-5-7-15(12-14)21-19(23)16-8-3-4-9-17(16)20(21)24/h3-13H,1-2H3. The molecule has 126 valence electrons. The van der Waals surface area contributed by atoms with E-state index in [4.69, 9.17) is 4.74 Å². The molecule has 0 aliphatic carbocycles. The van der Waals surface area contributed by atoms with E-state index in [1.54, 1.807) is 68.5 Å². The molecule has 2 amide bonds. The molecule has 2 aromatic carbocycles. The average Bonchev–Trinajstić information content (AvgIpc) is 2.84. The number of carbonyl (C=O) groups excluding carboxylic acids is 3. The fraction of sp³-hybridized carbons (Fsp3) is 0.150. The van der Waals surface area contributed by atoms with Gasteiger partial charge < -0.3 is 4.74 Å². The third-order valence-corrected chi connectivity index (χ3v) is 3.69. The van der Waals surface area contributed by atoms with Crippen LogP contribution < -0.4 is 4.90 Å². The summed E-state index contributed by atoms with van der Waals surface area (Å²) in [6.45, 7) is 3.54. The fourth-order valence-corrected chi connectivity index (χ4v) is 2.63. The van der Waals surface area contributed by atoms with Gasteiger partial charge in [0.05, 0.1) is 22.9 Å². The van der Waals surface area contributed by atoms with Crippen LogP contribution in [0.1, 0.15) is 40.1 Å². The molecule has 0 N–H and O–H groups in total. The third kappa shape index (κ3) is 3.35. The number of nitrogens with zero attached hydrogens (tertiary/aromatic N) is 1. The SMILES string of the molecule is CC(C)OC(=O)C=Cc1cccc(N2C(=O)c3ccccc3C2=O)c1. The highest BCUT2D eigenvalue weighted by Crippen LogP contribution is 2.28. The molecule has 2 aromatic rings. The van der Waals surface area contributed by atoms with Gasteiger partial charge in [0, 0.05) is 6.08 Å². The summed E-state index contributed by atoms with van der Waals surface area (Å²) in [5.41, 5.74) is 1.95. The summed E-state index contributed by atoms with van der Waals surface area (Å²) in [5, 5.41) is 0. The first-order chi connectivity index (χ1) is 12.0. The molecule has 1 aliphatic rings. The Morgan fingerprint density at radius 1 is 1.00 bits per heavy atom. The van der Waals surface area contributed by atoms with Crippen molar-refractivity contribution in [3.05, 3.63) is 71.3 Å². The highest BCUT2D eigenvalue weighted by atomic mass is 16.5. The summed E-state index contributed by atoms with van der Waals surface area (Å²) in [5.74, 6) is -1.14. The van der Waals surface area contributed by atoms with Crippen LogP contribution in [-0.4, -0.2) is 23.9 Å². The maximum Gasteiger partial charge on any atom is 0.331 e. The van der Waals surface area contributed by atoms with E-state index in [1.807, 2.05) is 0 Å². The van der Waals surface area contributed by atoms with Crippen molar-refractivity contribution in [3.63, 3.8) is 0 Å². The second kappa shape index (κ2) is 6.73. The van der Waals surface area contributed by atoms with E-state index in [-0.39, 0.29) is 17.9 Å². The van der Waals surface area contributed by atoms with Crippen LogP contribution in [-0.2, 0) is 9.53 Å². The summed E-state index contributed by atoms with van der Waals surface area (Å²) in [6, 6.07) is 13.6. The van der Waals surface area contributed by atoms with Gasteiger partial charge in [0.15, 0.2) is 0 Å². The van der Waals surface area contributed by atoms with Crippen molar-refractivity contribution in [2.45, 2.75) is 20.0 Å². The van der Waals surface area contributed by atoms with Gasteiger partial charge in [0.1, 0.15) is 0 Å². The fourth-order valence-electron chi connectivity index (χ4n) is 2.63. The molecular formula is C20H17NO4. The van der Waals surface area contributed by atoms with E-state index < -0.39 is 5.97 Å². The maximum absolute atomic E-state index is 12.5. The van der Waals surface area contributed by atoms with Crippen LogP contribution in [0.25, 0.3) is 6.08 Å². The zero-order valence-electron chi connectivity index (χ0n) is 13.9. The lowest BCUT2D eigenvalue weighted by atomic mass is 10.1. The van der Waals surface area contributed by atoms with Gasteiger partial charge in [-0.3, -0.25) is 9.59 Å². The van der Waals surface area contributed by atoms with Gasteiger partial charge in [-0.25, -0.2) is 9.69 Å². The Morgan fingerprint density at radius 2 is 1.64 bits per heavy atom. The molecule has 5 nitrogen and oxygen atoms in total. The molecule has 0 unspecified atom stereocenters. The molecule has 0 saturated carbocycles. The van der Waals surface area contributed by atoms with Crippen LogP contribution in [0.15, 0.2) is 54.6 Å². The molecular weight excluding hydrogens is 318 g/mol. The Kier molecular flexibility index (Phi) is 4.48. The number of rotatable bonds is 4. The smallest absolute Gasteiger partial charge is 0.331 e. The lowest BCUT2D eigenvalue weighted by molar-refractivity contribution is -0.141. The Balaban J connectivity index is 1.86. The third-order valence-electron chi connectivity index (χ3n) is 3.69. The molecule has 1 aliphatic heterocycles. The number of fused-ring (bicyclic) bond motifs is 1. The number of imide groups is 1. The van der Waals surface area contributed by atoms with Gasteiger partial charge >= 0.3 is 5.97 Å². The predicted molar refractivity (Wildman–Crippen MR) is 94.3 cm³/mol. The number of hydrogen-bond donors (Lipinski definition) is 0. The number of esters is 1. The van der Waals surface area contributed by atoms with Crippen LogP contribution in [0.2, 0.25) is 0 Å². The Morgan fingerprint density at radius 3 is 2.24 bits per heavy atom. The summed E-state index contributed by atoms with van der Waals surface area (Å²) in [4.78, 5) is 37.8. The normalized spacial score (nSPS) is 13.6. The van der Waals surface area contributed by atoms with Gasteiger partial charge in [0.2, 0.25) is 0 Å². The zero-order valence-corrected chi connectivity index (χ0v) is 13.9. The van der Waals surface area contributed by atoms with E-state index in [2.05, 4.69) is 0 Å². The minimum absolute atomic E-state index is 0.193. The molecule has 25 heavy (non-hydrogen) atoms. The lowest BCUT2D eigenvalue weighted by Crippen LogP contribution is -2.29. The van der Waals surface area contributed by atoms with Gasteiger partial charge in [0.25, 0.3) is 11.8 Å². The molecule has 0 radical (unpaired) electrons. The van der Waals surface area contributed by atoms with Crippen LogP contribution >= 0.6 is 0 Å². The lowest BCUT2D eigenvalue weighted by Gasteiger charge is -2.14. The Labute approximate surface area is 145 Å². The molecule has 5 heteroatoms. The van der Waals surface area contributed by atoms with Crippen LogP contribution in [0.4, 0.5) is 5.69 Å². The highest BCUT2D eigenvalue weighted by Gasteiger charge is 2.36. The molecule has 0 atom stereocenters. The molecule has 3 rings (SSSR count).